The predicted octanol–water partition coefficient (Wildman–Crippen LogP) is 5.64. The van der Waals surface area contributed by atoms with E-state index in [2.05, 4.69) is 38.2 Å². The number of carbonyl (C=O) groups is 1. The Morgan fingerprint density at radius 1 is 1.08 bits per heavy atom. The van der Waals surface area contributed by atoms with E-state index in [1.165, 1.54) is 5.56 Å². The molecule has 132 valence electrons. The number of hydrogen-bond acceptors (Lipinski definition) is 2. The van der Waals surface area contributed by atoms with Gasteiger partial charge in [-0.25, -0.2) is 0 Å². The number of ether oxygens (including phenoxy) is 1. The highest BCUT2D eigenvalue weighted by molar-refractivity contribution is 6.01. The van der Waals surface area contributed by atoms with Crippen molar-refractivity contribution in [3.63, 3.8) is 0 Å². The molecule has 3 nitrogen and oxygen atoms in total. The van der Waals surface area contributed by atoms with Crippen LogP contribution in [0.1, 0.15) is 50.7 Å². The van der Waals surface area contributed by atoms with Gasteiger partial charge in [0.25, 0.3) is 0 Å². The third-order valence-electron chi connectivity index (χ3n) is 3.92. The lowest BCUT2D eigenvalue weighted by molar-refractivity contribution is -0.111. The largest absolute Gasteiger partial charge is 0.494 e. The molecule has 1 amide bonds. The fraction of sp³-hybridized carbons (Fsp3) is 0.318. The first-order valence-electron chi connectivity index (χ1n) is 8.90. The number of nitrogens with one attached hydrogen (secondary N) is 1. The standard InChI is InChI=1S/C22H27NO2/c1-4-5-16-25-21-13-11-20(12-14-21)23-22(24)15-8-18-6-9-19(10-7-18)17(2)3/h6-15,17H,4-5,16H2,1-3H3,(H,23,24)/b15-8+. The van der Waals surface area contributed by atoms with Crippen molar-refractivity contribution in [1.82, 2.24) is 0 Å². The van der Waals surface area contributed by atoms with Gasteiger partial charge in [0, 0.05) is 11.8 Å². The van der Waals surface area contributed by atoms with Crippen LogP contribution in [0.5, 0.6) is 5.75 Å². The van der Waals surface area contributed by atoms with Crippen molar-refractivity contribution in [3.05, 3.63) is 65.7 Å². The zero-order chi connectivity index (χ0) is 18.1. The van der Waals surface area contributed by atoms with E-state index < -0.39 is 0 Å². The molecule has 0 spiro atoms. The van der Waals surface area contributed by atoms with Crippen LogP contribution in [0.15, 0.2) is 54.6 Å². The summed E-state index contributed by atoms with van der Waals surface area (Å²) in [5, 5.41) is 2.85. The molecular formula is C22H27NO2. The Kier molecular flexibility index (Phi) is 7.27. The summed E-state index contributed by atoms with van der Waals surface area (Å²) < 4.78 is 5.61. The molecule has 0 aliphatic carbocycles. The maximum atomic E-state index is 12.0. The quantitative estimate of drug-likeness (QED) is 0.500. The molecule has 0 bridgehead atoms. The molecule has 3 heteroatoms. The number of hydrogen-bond donors (Lipinski definition) is 1. The Hall–Kier alpha value is -2.55. The maximum absolute atomic E-state index is 12.0. The summed E-state index contributed by atoms with van der Waals surface area (Å²) in [7, 11) is 0. The molecule has 0 saturated heterocycles. The van der Waals surface area contributed by atoms with Gasteiger partial charge in [0.2, 0.25) is 5.91 Å². The number of benzene rings is 2. The summed E-state index contributed by atoms with van der Waals surface area (Å²) in [6.07, 6.45) is 5.53. The Balaban J connectivity index is 1.86. The lowest BCUT2D eigenvalue weighted by Crippen LogP contribution is -2.07. The molecule has 2 aromatic carbocycles. The van der Waals surface area contributed by atoms with Gasteiger partial charge in [0.1, 0.15) is 5.75 Å². The summed E-state index contributed by atoms with van der Waals surface area (Å²) in [6.45, 7) is 7.19. The average Bonchev–Trinajstić information content (AvgIpc) is 2.62. The zero-order valence-corrected chi connectivity index (χ0v) is 15.3. The second kappa shape index (κ2) is 9.67. The molecule has 0 heterocycles. The van der Waals surface area contributed by atoms with Crippen LogP contribution in [0.4, 0.5) is 5.69 Å². The van der Waals surface area contributed by atoms with Gasteiger partial charge >= 0.3 is 0 Å². The Morgan fingerprint density at radius 2 is 1.76 bits per heavy atom. The predicted molar refractivity (Wildman–Crippen MR) is 105 cm³/mol. The fourth-order valence-electron chi connectivity index (χ4n) is 2.32. The van der Waals surface area contributed by atoms with Crippen molar-refractivity contribution in [2.24, 2.45) is 0 Å². The third-order valence-corrected chi connectivity index (χ3v) is 3.92. The van der Waals surface area contributed by atoms with Crippen molar-refractivity contribution < 1.29 is 9.53 Å². The summed E-state index contributed by atoms with van der Waals surface area (Å²) in [5.41, 5.74) is 3.06. The molecule has 0 saturated carbocycles. The highest BCUT2D eigenvalue weighted by atomic mass is 16.5. The molecule has 0 aliphatic rings. The lowest BCUT2D eigenvalue weighted by Gasteiger charge is -2.07. The van der Waals surface area contributed by atoms with E-state index >= 15 is 0 Å². The maximum Gasteiger partial charge on any atom is 0.248 e. The van der Waals surface area contributed by atoms with Crippen molar-refractivity contribution in [2.45, 2.75) is 39.5 Å². The first-order chi connectivity index (χ1) is 12.1. The Bertz CT molecular complexity index is 685. The minimum Gasteiger partial charge on any atom is -0.494 e. The Labute approximate surface area is 150 Å². The topological polar surface area (TPSA) is 38.3 Å². The molecule has 0 aromatic heterocycles. The van der Waals surface area contributed by atoms with Gasteiger partial charge in [0.05, 0.1) is 6.61 Å². The van der Waals surface area contributed by atoms with Crippen molar-refractivity contribution in [2.75, 3.05) is 11.9 Å². The molecular weight excluding hydrogens is 310 g/mol. The van der Waals surface area contributed by atoms with E-state index in [1.807, 2.05) is 42.5 Å². The minimum absolute atomic E-state index is 0.146. The third kappa shape index (κ3) is 6.46. The summed E-state index contributed by atoms with van der Waals surface area (Å²) in [6, 6.07) is 15.7. The molecule has 0 atom stereocenters. The van der Waals surface area contributed by atoms with Crippen molar-refractivity contribution >= 4 is 17.7 Å². The van der Waals surface area contributed by atoms with E-state index in [-0.39, 0.29) is 5.91 Å². The van der Waals surface area contributed by atoms with E-state index in [0.29, 0.717) is 5.92 Å². The first kappa shape index (κ1) is 18.8. The van der Waals surface area contributed by atoms with Crippen LogP contribution in [0.3, 0.4) is 0 Å². The number of unbranched alkanes of at least 4 members (excludes halogenated alkanes) is 1. The van der Waals surface area contributed by atoms with Gasteiger partial charge in [-0.3, -0.25) is 4.79 Å². The smallest absolute Gasteiger partial charge is 0.248 e. The molecule has 0 fully saturated rings. The highest BCUT2D eigenvalue weighted by Crippen LogP contribution is 2.17. The molecule has 2 aromatic rings. The molecule has 0 unspecified atom stereocenters. The van der Waals surface area contributed by atoms with Crippen LogP contribution in [0.25, 0.3) is 6.08 Å². The number of carbonyl (C=O) groups excluding carboxylic acids is 1. The van der Waals surface area contributed by atoms with Gasteiger partial charge in [-0.2, -0.15) is 0 Å². The van der Waals surface area contributed by atoms with Crippen LogP contribution in [-0.4, -0.2) is 12.5 Å². The first-order valence-corrected chi connectivity index (χ1v) is 8.90. The second-order valence-corrected chi connectivity index (χ2v) is 6.37. The van der Waals surface area contributed by atoms with Crippen LogP contribution >= 0.6 is 0 Å². The molecule has 25 heavy (non-hydrogen) atoms. The minimum atomic E-state index is -0.146. The highest BCUT2D eigenvalue weighted by Gasteiger charge is 2.00. The number of amides is 1. The fourth-order valence-corrected chi connectivity index (χ4v) is 2.32. The van der Waals surface area contributed by atoms with Gasteiger partial charge in [0.15, 0.2) is 0 Å². The van der Waals surface area contributed by atoms with Crippen LogP contribution in [0.2, 0.25) is 0 Å². The van der Waals surface area contributed by atoms with Gasteiger partial charge in [-0.05, 0) is 53.8 Å². The van der Waals surface area contributed by atoms with Gasteiger partial charge in [-0.1, -0.05) is 51.5 Å². The van der Waals surface area contributed by atoms with E-state index in [1.54, 1.807) is 6.08 Å². The lowest BCUT2D eigenvalue weighted by atomic mass is 10.0. The van der Waals surface area contributed by atoms with Crippen LogP contribution in [0, 0.1) is 0 Å². The Morgan fingerprint density at radius 3 is 2.36 bits per heavy atom. The summed E-state index contributed by atoms with van der Waals surface area (Å²) in [5.74, 6) is 1.19. The van der Waals surface area contributed by atoms with Gasteiger partial charge in [-0.15, -0.1) is 0 Å². The normalized spacial score (nSPS) is 11.0. The van der Waals surface area contributed by atoms with Crippen LogP contribution < -0.4 is 10.1 Å². The van der Waals surface area contributed by atoms with Crippen molar-refractivity contribution in [1.29, 1.82) is 0 Å². The summed E-state index contributed by atoms with van der Waals surface area (Å²) >= 11 is 0. The van der Waals surface area contributed by atoms with E-state index in [0.717, 1.165) is 36.4 Å². The SMILES string of the molecule is CCCCOc1ccc(NC(=O)/C=C/c2ccc(C(C)C)cc2)cc1. The average molecular weight is 337 g/mol. The number of rotatable bonds is 8. The molecule has 2 rings (SSSR count). The van der Waals surface area contributed by atoms with Crippen LogP contribution in [-0.2, 0) is 4.79 Å². The summed E-state index contributed by atoms with van der Waals surface area (Å²) in [4.78, 5) is 12.0. The van der Waals surface area contributed by atoms with E-state index in [9.17, 15) is 4.79 Å². The zero-order valence-electron chi connectivity index (χ0n) is 15.3. The van der Waals surface area contributed by atoms with E-state index in [4.69, 9.17) is 4.74 Å². The monoisotopic (exact) mass is 337 g/mol. The molecule has 0 radical (unpaired) electrons. The number of anilines is 1. The molecule has 1 N–H and O–H groups in total. The second-order valence-electron chi connectivity index (χ2n) is 6.37. The molecule has 0 aliphatic heterocycles. The van der Waals surface area contributed by atoms with Crippen molar-refractivity contribution in [3.8, 4) is 5.75 Å². The van der Waals surface area contributed by atoms with Gasteiger partial charge < -0.3 is 10.1 Å².